The van der Waals surface area contributed by atoms with Gasteiger partial charge in [0.2, 0.25) is 0 Å². The first-order valence-corrected chi connectivity index (χ1v) is 10.5. The summed E-state index contributed by atoms with van der Waals surface area (Å²) in [7, 11) is 0. The van der Waals surface area contributed by atoms with Crippen LogP contribution in [0.1, 0.15) is 11.5 Å². The average molecular weight is 357 g/mol. The number of benzene rings is 3. The molecule has 0 atom stereocenters. The van der Waals surface area contributed by atoms with Crippen LogP contribution in [0.15, 0.2) is 102 Å². The summed E-state index contributed by atoms with van der Waals surface area (Å²) in [6, 6.07) is 34.1. The van der Waals surface area contributed by atoms with E-state index in [4.69, 9.17) is 4.52 Å². The highest BCUT2D eigenvalue weighted by Crippen LogP contribution is 2.44. The second kappa shape index (κ2) is 7.19. The van der Waals surface area contributed by atoms with Crippen molar-refractivity contribution in [3.8, 4) is 0 Å². The van der Waals surface area contributed by atoms with Gasteiger partial charge in [-0.1, -0.05) is 96.2 Å². The minimum atomic E-state index is -2.02. The summed E-state index contributed by atoms with van der Waals surface area (Å²) >= 11 is 0. The molecule has 0 N–H and O–H groups in total. The third-order valence-electron chi connectivity index (χ3n) is 4.46. The number of hydrogen-bond donors (Lipinski definition) is 0. The first kappa shape index (κ1) is 16.6. The summed E-state index contributed by atoms with van der Waals surface area (Å²) in [5.41, 5.74) is 0.892. The highest BCUT2D eigenvalue weighted by atomic mass is 31.2. The van der Waals surface area contributed by atoms with Gasteiger partial charge < -0.3 is 4.52 Å². The van der Waals surface area contributed by atoms with Crippen molar-refractivity contribution in [2.24, 2.45) is 0 Å². The number of aryl methyl sites for hydroxylation is 1. The molecule has 0 saturated heterocycles. The lowest BCUT2D eigenvalue weighted by atomic mass is 10.4. The van der Waals surface area contributed by atoms with Crippen molar-refractivity contribution in [1.29, 1.82) is 0 Å². The van der Waals surface area contributed by atoms with Crippen LogP contribution in [0.4, 0.5) is 0 Å². The number of hydrogen-bond acceptors (Lipinski definition) is 2. The van der Waals surface area contributed by atoms with Gasteiger partial charge in [-0.3, -0.25) is 0 Å². The van der Waals surface area contributed by atoms with E-state index in [9.17, 15) is 0 Å². The summed E-state index contributed by atoms with van der Waals surface area (Å²) in [6.07, 6.45) is 0. The Kier molecular flexibility index (Phi) is 4.60. The van der Waals surface area contributed by atoms with Crippen molar-refractivity contribution in [2.75, 3.05) is 0 Å². The standard InChI is InChI=1S/C23H20NOP/c1-19-17-20(25-24-19)18-26(21-11-5-2-6-12-21,22-13-7-3-8-14-22)23-15-9-4-10-16-23/h2-18H,1H3. The first-order valence-electron chi connectivity index (χ1n) is 8.64. The van der Waals surface area contributed by atoms with E-state index in [-0.39, 0.29) is 0 Å². The molecule has 0 aliphatic heterocycles. The van der Waals surface area contributed by atoms with Crippen LogP contribution in [-0.4, -0.2) is 11.0 Å². The van der Waals surface area contributed by atoms with Crippen LogP contribution in [0.25, 0.3) is 0 Å². The van der Waals surface area contributed by atoms with Gasteiger partial charge in [-0.25, -0.2) is 0 Å². The van der Waals surface area contributed by atoms with E-state index in [2.05, 4.69) is 102 Å². The fraction of sp³-hybridized carbons (Fsp3) is 0.0435. The molecule has 0 radical (unpaired) electrons. The lowest BCUT2D eigenvalue weighted by Crippen LogP contribution is -2.27. The number of rotatable bonds is 4. The predicted molar refractivity (Wildman–Crippen MR) is 112 cm³/mol. The molecule has 4 rings (SSSR count). The lowest BCUT2D eigenvalue weighted by molar-refractivity contribution is 0.411. The maximum absolute atomic E-state index is 5.61. The van der Waals surface area contributed by atoms with Gasteiger partial charge >= 0.3 is 0 Å². The topological polar surface area (TPSA) is 26.0 Å². The van der Waals surface area contributed by atoms with Crippen LogP contribution in [0.5, 0.6) is 0 Å². The van der Waals surface area contributed by atoms with Crippen LogP contribution in [0, 0.1) is 6.92 Å². The monoisotopic (exact) mass is 357 g/mol. The highest BCUT2D eigenvalue weighted by Gasteiger charge is 2.25. The number of nitrogens with zero attached hydrogens (tertiary/aromatic N) is 1. The maximum Gasteiger partial charge on any atom is 0.160 e. The zero-order valence-corrected chi connectivity index (χ0v) is 15.5. The second-order valence-corrected chi connectivity index (χ2v) is 9.48. The molecule has 26 heavy (non-hydrogen) atoms. The zero-order chi connectivity index (χ0) is 17.8. The largest absolute Gasteiger partial charge is 0.357 e. The third-order valence-corrected chi connectivity index (χ3v) is 8.44. The summed E-state index contributed by atoms with van der Waals surface area (Å²) in [6.45, 7) is -0.0677. The molecule has 0 aliphatic carbocycles. The van der Waals surface area contributed by atoms with Crippen LogP contribution < -0.4 is 15.9 Å². The Labute approximate surface area is 154 Å². The average Bonchev–Trinajstić information content (AvgIpc) is 3.13. The Morgan fingerprint density at radius 1 is 0.692 bits per heavy atom. The first-order chi connectivity index (χ1) is 12.8. The van der Waals surface area contributed by atoms with Gasteiger partial charge in [-0.05, 0) is 35.5 Å². The van der Waals surface area contributed by atoms with Crippen molar-refractivity contribution in [2.45, 2.75) is 6.92 Å². The Balaban J connectivity index is 2.12. The van der Waals surface area contributed by atoms with Crippen LogP contribution in [-0.2, 0) is 0 Å². The van der Waals surface area contributed by atoms with E-state index < -0.39 is 6.89 Å². The summed E-state index contributed by atoms with van der Waals surface area (Å²) in [4.78, 5) is 0. The van der Waals surface area contributed by atoms with Gasteiger partial charge in [0, 0.05) is 6.07 Å². The van der Waals surface area contributed by atoms with Gasteiger partial charge in [0.25, 0.3) is 0 Å². The molecule has 1 heterocycles. The fourth-order valence-electron chi connectivity index (χ4n) is 3.30. The van der Waals surface area contributed by atoms with E-state index in [0.717, 1.165) is 11.5 Å². The molecule has 0 saturated carbocycles. The third kappa shape index (κ3) is 3.05. The molecule has 0 spiro atoms. The van der Waals surface area contributed by atoms with Gasteiger partial charge in [-0.2, -0.15) is 0 Å². The van der Waals surface area contributed by atoms with Gasteiger partial charge in [0.05, 0.1) is 5.69 Å². The smallest absolute Gasteiger partial charge is 0.160 e. The van der Waals surface area contributed by atoms with E-state index in [1.165, 1.54) is 15.9 Å². The quantitative estimate of drug-likeness (QED) is 0.514. The van der Waals surface area contributed by atoms with Crippen LogP contribution in [0.2, 0.25) is 0 Å². The molecule has 128 valence electrons. The van der Waals surface area contributed by atoms with Gasteiger partial charge in [0.1, 0.15) is 0 Å². The van der Waals surface area contributed by atoms with E-state index >= 15 is 0 Å². The van der Waals surface area contributed by atoms with E-state index in [1.807, 2.05) is 13.0 Å². The fourth-order valence-corrected chi connectivity index (χ4v) is 7.07. The van der Waals surface area contributed by atoms with E-state index in [1.54, 1.807) is 0 Å². The normalized spacial score (nSPS) is 11.3. The Morgan fingerprint density at radius 3 is 1.46 bits per heavy atom. The Hall–Kier alpha value is -2.83. The molecule has 0 amide bonds. The van der Waals surface area contributed by atoms with Gasteiger partial charge in [-0.15, -0.1) is 0 Å². The zero-order valence-electron chi connectivity index (χ0n) is 14.6. The van der Waals surface area contributed by atoms with Crippen LogP contribution >= 0.6 is 6.89 Å². The molecule has 2 nitrogen and oxygen atoms in total. The van der Waals surface area contributed by atoms with Crippen molar-refractivity contribution < 1.29 is 4.52 Å². The lowest BCUT2D eigenvalue weighted by Gasteiger charge is -2.28. The molecule has 3 aromatic carbocycles. The molecule has 0 fully saturated rings. The summed E-state index contributed by atoms with van der Waals surface area (Å²) < 4.78 is 5.61. The molecule has 0 bridgehead atoms. The van der Waals surface area contributed by atoms with Gasteiger partial charge in [0.15, 0.2) is 5.76 Å². The minimum Gasteiger partial charge on any atom is -0.357 e. The molecular formula is C23H20NOP. The number of aromatic nitrogens is 1. The summed E-state index contributed by atoms with van der Waals surface area (Å²) in [5.74, 6) is 3.10. The van der Waals surface area contributed by atoms with E-state index in [0.29, 0.717) is 0 Å². The highest BCUT2D eigenvalue weighted by molar-refractivity contribution is 7.94. The summed E-state index contributed by atoms with van der Waals surface area (Å²) in [5, 5.41) is 7.99. The maximum atomic E-state index is 5.61. The molecule has 1 aromatic heterocycles. The van der Waals surface area contributed by atoms with Crippen molar-refractivity contribution in [3.05, 3.63) is 109 Å². The van der Waals surface area contributed by atoms with Crippen molar-refractivity contribution >= 4 is 28.6 Å². The molecule has 3 heteroatoms. The van der Waals surface area contributed by atoms with Crippen LogP contribution in [0.3, 0.4) is 0 Å². The SMILES string of the molecule is Cc1cc(C=P(c2ccccc2)(c2ccccc2)c2ccccc2)on1. The molecule has 0 aliphatic rings. The molecule has 4 aromatic rings. The molecular weight excluding hydrogens is 337 g/mol. The van der Waals surface area contributed by atoms with Crippen molar-refractivity contribution in [3.63, 3.8) is 0 Å². The Morgan fingerprint density at radius 2 is 1.12 bits per heavy atom. The Bertz CT molecular complexity index is 934. The second-order valence-electron chi connectivity index (χ2n) is 6.23. The molecule has 0 unspecified atom stereocenters. The van der Waals surface area contributed by atoms with Crippen molar-refractivity contribution in [1.82, 2.24) is 5.16 Å². The predicted octanol–water partition coefficient (Wildman–Crippen LogP) is 4.13. The minimum absolute atomic E-state index is 0.812.